The standard InChI is InChI=1S/C22H20F2N4O2/c1-13-19(11-25-14(2)27-13)30-12-22(15-4-3-5-16(23)8-15)9-18(22)21(29)28-20-7-6-17(24)10-26-20/h3-8,10-11,18H,9,12H2,1-2H3,(H,26,28,29)/t18-,22+/m0/s1/i3D,4D,5D,8D. The van der Waals surface area contributed by atoms with Crippen molar-refractivity contribution in [3.05, 3.63) is 77.4 Å². The van der Waals surface area contributed by atoms with E-state index in [1.807, 2.05) is 0 Å². The third-order valence-corrected chi connectivity index (χ3v) is 5.00. The molecule has 4 rings (SSSR count). The topological polar surface area (TPSA) is 77.0 Å². The highest BCUT2D eigenvalue weighted by Gasteiger charge is 2.60. The minimum atomic E-state index is -1.31. The predicted molar refractivity (Wildman–Crippen MR) is 106 cm³/mol. The molecular weight excluding hydrogens is 390 g/mol. The molecule has 1 aliphatic carbocycles. The Bertz CT molecular complexity index is 1260. The van der Waals surface area contributed by atoms with Crippen molar-refractivity contribution in [2.45, 2.75) is 25.7 Å². The Labute approximate surface area is 178 Å². The summed E-state index contributed by atoms with van der Waals surface area (Å²) in [5.41, 5.74) is -0.949. The number of amides is 1. The van der Waals surface area contributed by atoms with Gasteiger partial charge in [-0.05, 0) is 50.0 Å². The second kappa shape index (κ2) is 7.78. The molecule has 0 saturated heterocycles. The van der Waals surface area contributed by atoms with E-state index in [-0.39, 0.29) is 24.4 Å². The number of nitrogens with zero attached hydrogens (tertiary/aromatic N) is 3. The number of rotatable bonds is 6. The zero-order valence-corrected chi connectivity index (χ0v) is 16.2. The van der Waals surface area contributed by atoms with Crippen LogP contribution in [0.15, 0.2) is 48.7 Å². The van der Waals surface area contributed by atoms with Crippen molar-refractivity contribution in [2.75, 3.05) is 11.9 Å². The zero-order valence-electron chi connectivity index (χ0n) is 20.2. The maximum atomic E-state index is 14.6. The van der Waals surface area contributed by atoms with Crippen LogP contribution in [-0.2, 0) is 10.2 Å². The van der Waals surface area contributed by atoms with Gasteiger partial charge in [-0.25, -0.2) is 23.7 Å². The number of pyridine rings is 1. The average molecular weight is 414 g/mol. The van der Waals surface area contributed by atoms with Crippen molar-refractivity contribution in [1.82, 2.24) is 15.0 Å². The number of aromatic nitrogens is 3. The van der Waals surface area contributed by atoms with Crippen LogP contribution in [0.25, 0.3) is 0 Å². The Kier molecular flexibility index (Phi) is 4.00. The first-order valence-electron chi connectivity index (χ1n) is 11.2. The number of halogens is 2. The first-order chi connectivity index (χ1) is 16.0. The molecule has 2 aromatic heterocycles. The number of hydrogen-bond donors (Lipinski definition) is 1. The summed E-state index contributed by atoms with van der Waals surface area (Å²) in [6.07, 6.45) is 2.50. The molecule has 0 aliphatic heterocycles. The van der Waals surface area contributed by atoms with Gasteiger partial charge in [-0.15, -0.1) is 0 Å². The Morgan fingerprint density at radius 2 is 2.10 bits per heavy atom. The quantitative estimate of drug-likeness (QED) is 0.665. The van der Waals surface area contributed by atoms with E-state index >= 15 is 0 Å². The first-order valence-corrected chi connectivity index (χ1v) is 9.17. The molecule has 0 bridgehead atoms. The molecule has 0 unspecified atom stereocenters. The maximum absolute atomic E-state index is 14.6. The number of carbonyl (C=O) groups is 1. The van der Waals surface area contributed by atoms with Gasteiger partial charge < -0.3 is 10.1 Å². The summed E-state index contributed by atoms with van der Waals surface area (Å²) in [5, 5.41) is 2.56. The van der Waals surface area contributed by atoms with E-state index in [4.69, 9.17) is 10.2 Å². The molecule has 2 heterocycles. The van der Waals surface area contributed by atoms with Gasteiger partial charge in [0.1, 0.15) is 23.3 Å². The molecule has 8 heteroatoms. The second-order valence-corrected chi connectivity index (χ2v) is 7.11. The third kappa shape index (κ3) is 3.98. The molecule has 3 aromatic rings. The number of ether oxygens (including phenoxy) is 1. The van der Waals surface area contributed by atoms with Gasteiger partial charge in [0.25, 0.3) is 0 Å². The van der Waals surface area contributed by atoms with Crippen molar-refractivity contribution in [3.8, 4) is 5.75 Å². The molecule has 30 heavy (non-hydrogen) atoms. The van der Waals surface area contributed by atoms with Crippen LogP contribution >= 0.6 is 0 Å². The van der Waals surface area contributed by atoms with Crippen LogP contribution in [0, 0.1) is 31.4 Å². The molecule has 6 nitrogen and oxygen atoms in total. The van der Waals surface area contributed by atoms with Gasteiger partial charge in [-0.3, -0.25) is 4.79 Å². The largest absolute Gasteiger partial charge is 0.489 e. The fraction of sp³-hybridized carbons (Fsp3) is 0.273. The molecule has 1 saturated carbocycles. The monoisotopic (exact) mass is 414 g/mol. The highest BCUT2D eigenvalue weighted by atomic mass is 19.1. The Morgan fingerprint density at radius 1 is 1.27 bits per heavy atom. The van der Waals surface area contributed by atoms with E-state index < -0.39 is 53.0 Å². The zero-order chi connectivity index (χ0) is 24.8. The van der Waals surface area contributed by atoms with E-state index in [1.54, 1.807) is 13.8 Å². The number of anilines is 1. The van der Waals surface area contributed by atoms with E-state index in [0.29, 0.717) is 17.3 Å². The summed E-state index contributed by atoms with van der Waals surface area (Å²) in [6.45, 7) is 3.20. The molecular formula is C22H20F2N4O2. The predicted octanol–water partition coefficient (Wildman–Crippen LogP) is 3.74. The van der Waals surface area contributed by atoms with Crippen molar-refractivity contribution in [1.29, 1.82) is 0 Å². The molecule has 1 aliphatic rings. The fourth-order valence-corrected chi connectivity index (χ4v) is 3.31. The summed E-state index contributed by atoms with van der Waals surface area (Å²) in [5.74, 6) is -2.26. The van der Waals surface area contributed by atoms with Gasteiger partial charge >= 0.3 is 0 Å². The van der Waals surface area contributed by atoms with E-state index in [0.717, 1.165) is 12.3 Å². The molecule has 1 amide bonds. The molecule has 154 valence electrons. The molecule has 1 N–H and O–H groups in total. The second-order valence-electron chi connectivity index (χ2n) is 7.11. The van der Waals surface area contributed by atoms with Crippen LogP contribution in [0.4, 0.5) is 14.6 Å². The van der Waals surface area contributed by atoms with Crippen molar-refractivity contribution in [3.63, 3.8) is 0 Å². The van der Waals surface area contributed by atoms with Crippen LogP contribution < -0.4 is 10.1 Å². The van der Waals surface area contributed by atoms with E-state index in [9.17, 15) is 13.6 Å². The van der Waals surface area contributed by atoms with Gasteiger partial charge in [0.2, 0.25) is 5.91 Å². The lowest BCUT2D eigenvalue weighted by Gasteiger charge is -2.19. The van der Waals surface area contributed by atoms with Crippen LogP contribution in [0.2, 0.25) is 0 Å². The maximum Gasteiger partial charge on any atom is 0.229 e. The number of carbonyl (C=O) groups excluding carboxylic acids is 1. The van der Waals surface area contributed by atoms with Crippen LogP contribution in [0.3, 0.4) is 0 Å². The fourth-order valence-electron chi connectivity index (χ4n) is 3.31. The minimum Gasteiger partial charge on any atom is -0.489 e. The summed E-state index contributed by atoms with van der Waals surface area (Å²) in [4.78, 5) is 25.1. The molecule has 2 atom stereocenters. The average Bonchev–Trinajstić information content (AvgIpc) is 3.53. The highest BCUT2D eigenvalue weighted by Crippen LogP contribution is 2.55. The third-order valence-electron chi connectivity index (χ3n) is 5.00. The molecule has 0 spiro atoms. The Hall–Kier alpha value is -3.42. The van der Waals surface area contributed by atoms with Crippen LogP contribution in [0.1, 0.15) is 29.0 Å². The SMILES string of the molecule is [2H]c1c([2H])c(F)c([2H])c([C@]2(COc3cnc(C)nc3C)C[C@H]2C(=O)Nc2ccc(F)cn2)c1[2H]. The summed E-state index contributed by atoms with van der Waals surface area (Å²) < 4.78 is 65.8. The van der Waals surface area contributed by atoms with Crippen molar-refractivity contribution >= 4 is 11.7 Å². The van der Waals surface area contributed by atoms with Gasteiger partial charge in [-0.2, -0.15) is 0 Å². The van der Waals surface area contributed by atoms with Gasteiger partial charge in [-0.1, -0.05) is 12.1 Å². The van der Waals surface area contributed by atoms with Crippen molar-refractivity contribution < 1.29 is 23.8 Å². The highest BCUT2D eigenvalue weighted by molar-refractivity contribution is 5.95. The van der Waals surface area contributed by atoms with E-state index in [2.05, 4.69) is 20.3 Å². The smallest absolute Gasteiger partial charge is 0.229 e. The number of aryl methyl sites for hydroxylation is 2. The van der Waals surface area contributed by atoms with Crippen molar-refractivity contribution in [2.24, 2.45) is 5.92 Å². The summed E-state index contributed by atoms with van der Waals surface area (Å²) in [7, 11) is 0. The normalized spacial score (nSPS) is 21.8. The molecule has 1 fully saturated rings. The molecule has 0 radical (unpaired) electrons. The van der Waals surface area contributed by atoms with E-state index in [1.165, 1.54) is 12.3 Å². The van der Waals surface area contributed by atoms with Gasteiger partial charge in [0.05, 0.1) is 36.1 Å². The Morgan fingerprint density at radius 3 is 2.83 bits per heavy atom. The first kappa shape index (κ1) is 15.4. The molecule has 1 aromatic carbocycles. The number of benzene rings is 1. The lowest BCUT2D eigenvalue weighted by Crippen LogP contribution is -2.27. The van der Waals surface area contributed by atoms with Gasteiger partial charge in [0.15, 0.2) is 5.75 Å². The Balaban J connectivity index is 1.71. The van der Waals surface area contributed by atoms with Crippen LogP contribution in [-0.4, -0.2) is 27.5 Å². The van der Waals surface area contributed by atoms with Gasteiger partial charge in [0, 0.05) is 5.41 Å². The summed E-state index contributed by atoms with van der Waals surface area (Å²) in [6, 6.07) is -0.347. The van der Waals surface area contributed by atoms with Crippen LogP contribution in [0.5, 0.6) is 5.75 Å². The number of hydrogen-bond acceptors (Lipinski definition) is 5. The minimum absolute atomic E-state index is 0.0970. The lowest BCUT2D eigenvalue weighted by atomic mass is 9.93. The number of nitrogens with one attached hydrogen (secondary N) is 1. The summed E-state index contributed by atoms with van der Waals surface area (Å²) >= 11 is 0. The lowest BCUT2D eigenvalue weighted by molar-refractivity contribution is -0.117.